The molecule has 1 aliphatic heterocycles. The Kier molecular flexibility index (Phi) is 8.23. The summed E-state index contributed by atoms with van der Waals surface area (Å²) in [5.41, 5.74) is 0. The standard InChI is InChI=1S/C16H24FN3O5S/c17-14-1-3-15(4-2-14)25-11-12-26(22,23)19-13-16(21)18-5-6-20-7-9-24-10-8-20/h1-4,19H,5-13H2,(H,18,21). The first-order valence-electron chi connectivity index (χ1n) is 8.37. The Morgan fingerprint density at radius 3 is 2.62 bits per heavy atom. The van der Waals surface area contributed by atoms with Gasteiger partial charge in [-0.15, -0.1) is 0 Å². The molecule has 0 radical (unpaired) electrons. The van der Waals surface area contributed by atoms with Gasteiger partial charge in [-0.25, -0.2) is 17.5 Å². The maximum Gasteiger partial charge on any atom is 0.235 e. The summed E-state index contributed by atoms with van der Waals surface area (Å²) < 4.78 is 49.2. The van der Waals surface area contributed by atoms with Crippen LogP contribution in [0.15, 0.2) is 24.3 Å². The molecule has 2 rings (SSSR count). The minimum atomic E-state index is -3.64. The first-order chi connectivity index (χ1) is 12.4. The van der Waals surface area contributed by atoms with Crippen molar-refractivity contribution in [2.45, 2.75) is 0 Å². The Morgan fingerprint density at radius 1 is 1.23 bits per heavy atom. The predicted molar refractivity (Wildman–Crippen MR) is 94.0 cm³/mol. The van der Waals surface area contributed by atoms with E-state index in [4.69, 9.17) is 9.47 Å². The molecular formula is C16H24FN3O5S. The van der Waals surface area contributed by atoms with Crippen molar-refractivity contribution < 1.29 is 27.1 Å². The van der Waals surface area contributed by atoms with Gasteiger partial charge in [0, 0.05) is 26.2 Å². The molecule has 1 aromatic carbocycles. The average molecular weight is 389 g/mol. The summed E-state index contributed by atoms with van der Waals surface area (Å²) >= 11 is 0. The van der Waals surface area contributed by atoms with Crippen molar-refractivity contribution >= 4 is 15.9 Å². The van der Waals surface area contributed by atoms with E-state index in [0.717, 1.165) is 13.1 Å². The van der Waals surface area contributed by atoms with Gasteiger partial charge in [0.05, 0.1) is 25.5 Å². The molecule has 0 atom stereocenters. The van der Waals surface area contributed by atoms with E-state index in [1.807, 2.05) is 0 Å². The second-order valence-corrected chi connectivity index (χ2v) is 7.67. The van der Waals surface area contributed by atoms with Crippen molar-refractivity contribution in [3.8, 4) is 5.75 Å². The fourth-order valence-electron chi connectivity index (χ4n) is 2.29. The molecule has 0 spiro atoms. The highest BCUT2D eigenvalue weighted by molar-refractivity contribution is 7.89. The highest BCUT2D eigenvalue weighted by Crippen LogP contribution is 2.10. The number of rotatable bonds is 10. The van der Waals surface area contributed by atoms with Crippen molar-refractivity contribution in [1.82, 2.24) is 14.9 Å². The number of halogens is 1. The first kappa shape index (κ1) is 20.6. The van der Waals surface area contributed by atoms with Crippen molar-refractivity contribution in [3.63, 3.8) is 0 Å². The Hall–Kier alpha value is -1.75. The molecule has 1 saturated heterocycles. The molecule has 0 aliphatic carbocycles. The zero-order valence-corrected chi connectivity index (χ0v) is 15.3. The second kappa shape index (κ2) is 10.4. The van der Waals surface area contributed by atoms with Gasteiger partial charge in [-0.05, 0) is 24.3 Å². The number of hydrogen-bond donors (Lipinski definition) is 2. The summed E-state index contributed by atoms with van der Waals surface area (Å²) in [7, 11) is -3.64. The zero-order valence-electron chi connectivity index (χ0n) is 14.4. The Balaban J connectivity index is 1.58. The van der Waals surface area contributed by atoms with Crippen LogP contribution in [-0.4, -0.2) is 77.5 Å². The number of amides is 1. The first-order valence-corrected chi connectivity index (χ1v) is 10.0. The van der Waals surface area contributed by atoms with Crippen LogP contribution in [0.3, 0.4) is 0 Å². The van der Waals surface area contributed by atoms with Crippen LogP contribution in [0.1, 0.15) is 0 Å². The summed E-state index contributed by atoms with van der Waals surface area (Å²) in [6, 6.07) is 5.28. The third-order valence-electron chi connectivity index (χ3n) is 3.74. The van der Waals surface area contributed by atoms with E-state index in [1.54, 1.807) is 0 Å². The SMILES string of the molecule is O=C(CNS(=O)(=O)CCOc1ccc(F)cc1)NCCN1CCOCC1. The number of ether oxygens (including phenoxy) is 2. The highest BCUT2D eigenvalue weighted by Gasteiger charge is 2.14. The van der Waals surface area contributed by atoms with Gasteiger partial charge in [-0.3, -0.25) is 9.69 Å². The molecule has 1 amide bonds. The number of benzene rings is 1. The van der Waals surface area contributed by atoms with Crippen LogP contribution in [0.25, 0.3) is 0 Å². The van der Waals surface area contributed by atoms with Crippen LogP contribution in [0, 0.1) is 5.82 Å². The molecule has 2 N–H and O–H groups in total. The Bertz CT molecular complexity index is 663. The molecular weight excluding hydrogens is 365 g/mol. The molecule has 1 aromatic rings. The topological polar surface area (TPSA) is 97.0 Å². The maximum atomic E-state index is 12.8. The largest absolute Gasteiger partial charge is 0.492 e. The van der Waals surface area contributed by atoms with E-state index in [0.29, 0.717) is 32.1 Å². The second-order valence-electron chi connectivity index (χ2n) is 5.75. The lowest BCUT2D eigenvalue weighted by Crippen LogP contribution is -2.44. The monoisotopic (exact) mass is 389 g/mol. The molecule has 0 unspecified atom stereocenters. The predicted octanol–water partition coefficient (Wildman–Crippen LogP) is -0.428. The molecule has 8 nitrogen and oxygen atoms in total. The van der Waals surface area contributed by atoms with Crippen molar-refractivity contribution in [3.05, 3.63) is 30.1 Å². The summed E-state index contributed by atoms with van der Waals surface area (Å²) in [5.74, 6) is -0.708. The molecule has 10 heteroatoms. The molecule has 0 bridgehead atoms. The summed E-state index contributed by atoms with van der Waals surface area (Å²) in [6.45, 7) is 3.78. The fraction of sp³-hybridized carbons (Fsp3) is 0.562. The maximum absolute atomic E-state index is 12.8. The third-order valence-corrected chi connectivity index (χ3v) is 5.03. The van der Waals surface area contributed by atoms with Crippen molar-refractivity contribution in [2.75, 3.05) is 58.3 Å². The number of hydrogen-bond acceptors (Lipinski definition) is 6. The van der Waals surface area contributed by atoms with Crippen LogP contribution in [0.4, 0.5) is 4.39 Å². The number of nitrogens with one attached hydrogen (secondary N) is 2. The van der Waals surface area contributed by atoms with Gasteiger partial charge in [0.1, 0.15) is 18.2 Å². The van der Waals surface area contributed by atoms with E-state index in [9.17, 15) is 17.6 Å². The molecule has 1 heterocycles. The van der Waals surface area contributed by atoms with Gasteiger partial charge in [0.25, 0.3) is 0 Å². The van der Waals surface area contributed by atoms with Crippen LogP contribution >= 0.6 is 0 Å². The van der Waals surface area contributed by atoms with Gasteiger partial charge < -0.3 is 14.8 Å². The zero-order chi connectivity index (χ0) is 18.8. The number of carbonyl (C=O) groups is 1. The lowest BCUT2D eigenvalue weighted by molar-refractivity contribution is -0.120. The number of morpholine rings is 1. The summed E-state index contributed by atoms with van der Waals surface area (Å²) in [4.78, 5) is 13.9. The minimum absolute atomic E-state index is 0.0976. The van der Waals surface area contributed by atoms with Crippen LogP contribution in [0.5, 0.6) is 5.75 Å². The molecule has 0 saturated carbocycles. The smallest absolute Gasteiger partial charge is 0.235 e. The van der Waals surface area contributed by atoms with E-state index in [-0.39, 0.29) is 24.8 Å². The minimum Gasteiger partial charge on any atom is -0.492 e. The molecule has 26 heavy (non-hydrogen) atoms. The van der Waals surface area contributed by atoms with Crippen LogP contribution < -0.4 is 14.8 Å². The van der Waals surface area contributed by atoms with Gasteiger partial charge in [-0.1, -0.05) is 0 Å². The quantitative estimate of drug-likeness (QED) is 0.564. The van der Waals surface area contributed by atoms with Gasteiger partial charge >= 0.3 is 0 Å². The molecule has 1 aliphatic rings. The van der Waals surface area contributed by atoms with Gasteiger partial charge in [-0.2, -0.15) is 0 Å². The number of carbonyl (C=O) groups excluding carboxylic acids is 1. The van der Waals surface area contributed by atoms with Crippen molar-refractivity contribution in [2.24, 2.45) is 0 Å². The highest BCUT2D eigenvalue weighted by atomic mass is 32.2. The normalized spacial score (nSPS) is 15.6. The lowest BCUT2D eigenvalue weighted by atomic mass is 10.3. The van der Waals surface area contributed by atoms with Gasteiger partial charge in [0.2, 0.25) is 15.9 Å². The van der Waals surface area contributed by atoms with Gasteiger partial charge in [0.15, 0.2) is 0 Å². The van der Waals surface area contributed by atoms with Crippen molar-refractivity contribution in [1.29, 1.82) is 0 Å². The van der Waals surface area contributed by atoms with Crippen LogP contribution in [-0.2, 0) is 19.6 Å². The number of sulfonamides is 1. The molecule has 146 valence electrons. The van der Waals surface area contributed by atoms with Crippen LogP contribution in [0.2, 0.25) is 0 Å². The Morgan fingerprint density at radius 2 is 1.92 bits per heavy atom. The molecule has 1 fully saturated rings. The molecule has 0 aromatic heterocycles. The third kappa shape index (κ3) is 8.09. The van der Waals surface area contributed by atoms with E-state index in [2.05, 4.69) is 14.9 Å². The van der Waals surface area contributed by atoms with E-state index >= 15 is 0 Å². The average Bonchev–Trinajstić information content (AvgIpc) is 2.63. The fourth-order valence-corrected chi connectivity index (χ4v) is 3.09. The summed E-state index contributed by atoms with van der Waals surface area (Å²) in [5, 5.41) is 2.67. The Labute approximate surface area is 152 Å². The number of nitrogens with zero attached hydrogens (tertiary/aromatic N) is 1. The lowest BCUT2D eigenvalue weighted by Gasteiger charge is -2.26. The summed E-state index contributed by atoms with van der Waals surface area (Å²) in [6.07, 6.45) is 0. The van der Waals surface area contributed by atoms with E-state index < -0.39 is 15.8 Å². The van der Waals surface area contributed by atoms with E-state index in [1.165, 1.54) is 24.3 Å².